The predicted molar refractivity (Wildman–Crippen MR) is 74.3 cm³/mol. The zero-order valence-corrected chi connectivity index (χ0v) is 11.9. The van der Waals surface area contributed by atoms with Gasteiger partial charge in [-0.15, -0.1) is 0 Å². The smallest absolute Gasteiger partial charge is 0.252 e. The summed E-state index contributed by atoms with van der Waals surface area (Å²) in [4.78, 5) is 11.8. The van der Waals surface area contributed by atoms with E-state index in [9.17, 15) is 9.90 Å². The Morgan fingerprint density at radius 2 is 2.06 bits per heavy atom. The highest BCUT2D eigenvalue weighted by Crippen LogP contribution is 2.20. The van der Waals surface area contributed by atoms with Crippen molar-refractivity contribution in [1.29, 1.82) is 0 Å². The highest BCUT2D eigenvalue weighted by molar-refractivity contribution is 6.35. The number of aliphatic hydroxyl groups excluding tert-OH is 1. The molecule has 2 N–H and O–H groups in total. The number of amides is 1. The van der Waals surface area contributed by atoms with Gasteiger partial charge in [0, 0.05) is 11.6 Å². The highest BCUT2D eigenvalue weighted by Gasteiger charge is 2.12. The Morgan fingerprint density at radius 3 is 2.67 bits per heavy atom. The van der Waals surface area contributed by atoms with Gasteiger partial charge in [0.25, 0.3) is 5.91 Å². The van der Waals surface area contributed by atoms with Crippen LogP contribution < -0.4 is 5.32 Å². The van der Waals surface area contributed by atoms with Gasteiger partial charge in [0.15, 0.2) is 0 Å². The van der Waals surface area contributed by atoms with Crippen LogP contribution in [0, 0.1) is 5.92 Å². The van der Waals surface area contributed by atoms with Gasteiger partial charge in [-0.3, -0.25) is 4.79 Å². The van der Waals surface area contributed by atoms with Crippen LogP contribution in [0.5, 0.6) is 0 Å². The Labute approximate surface area is 117 Å². The van der Waals surface area contributed by atoms with Crippen LogP contribution >= 0.6 is 23.2 Å². The van der Waals surface area contributed by atoms with E-state index in [0.29, 0.717) is 28.6 Å². The molecule has 0 radical (unpaired) electrons. The summed E-state index contributed by atoms with van der Waals surface area (Å²) in [5.74, 6) is -0.102. The average Bonchev–Trinajstić information content (AvgIpc) is 2.31. The van der Waals surface area contributed by atoms with Gasteiger partial charge in [0.1, 0.15) is 0 Å². The summed E-state index contributed by atoms with van der Waals surface area (Å²) in [6.07, 6.45) is 0.0989. The third kappa shape index (κ3) is 4.48. The molecule has 5 heteroatoms. The minimum Gasteiger partial charge on any atom is -0.393 e. The van der Waals surface area contributed by atoms with E-state index in [0.717, 1.165) is 0 Å². The third-order valence-corrected chi connectivity index (χ3v) is 3.23. The second-order valence-electron chi connectivity index (χ2n) is 4.48. The molecule has 0 spiro atoms. The van der Waals surface area contributed by atoms with Crippen LogP contribution in [-0.2, 0) is 0 Å². The van der Waals surface area contributed by atoms with Crippen molar-refractivity contribution in [3.05, 3.63) is 33.8 Å². The van der Waals surface area contributed by atoms with Gasteiger partial charge in [0.2, 0.25) is 0 Å². The number of nitrogens with one attached hydrogen (secondary N) is 1. The minimum absolute atomic E-state index is 0.177. The number of benzene rings is 1. The van der Waals surface area contributed by atoms with Crippen molar-refractivity contribution in [1.82, 2.24) is 5.32 Å². The van der Waals surface area contributed by atoms with E-state index in [2.05, 4.69) is 5.32 Å². The molecule has 0 bridgehead atoms. The lowest BCUT2D eigenvalue weighted by Crippen LogP contribution is -2.28. The van der Waals surface area contributed by atoms with Gasteiger partial charge in [-0.25, -0.2) is 0 Å². The van der Waals surface area contributed by atoms with E-state index >= 15 is 0 Å². The molecule has 100 valence electrons. The number of carbonyl (C=O) groups is 1. The summed E-state index contributed by atoms with van der Waals surface area (Å²) in [5.41, 5.74) is 0.350. The maximum Gasteiger partial charge on any atom is 0.252 e. The fourth-order valence-corrected chi connectivity index (χ4v) is 1.81. The molecule has 0 aliphatic carbocycles. The molecule has 0 saturated heterocycles. The van der Waals surface area contributed by atoms with Crippen LogP contribution in [0.2, 0.25) is 10.0 Å². The fourth-order valence-electron chi connectivity index (χ4n) is 1.43. The first-order chi connectivity index (χ1) is 8.41. The summed E-state index contributed by atoms with van der Waals surface area (Å²) in [5, 5.41) is 13.1. The zero-order chi connectivity index (χ0) is 13.7. The normalized spacial score (nSPS) is 12.6. The van der Waals surface area contributed by atoms with Crippen LogP contribution in [0.1, 0.15) is 30.6 Å². The summed E-state index contributed by atoms with van der Waals surface area (Å²) >= 11 is 11.7. The number of carbonyl (C=O) groups excluding carboxylic acids is 1. The predicted octanol–water partition coefficient (Wildman–Crippen LogP) is 3.13. The zero-order valence-electron chi connectivity index (χ0n) is 10.4. The minimum atomic E-state index is -0.417. The molecule has 1 aromatic rings. The lowest BCUT2D eigenvalue weighted by molar-refractivity contribution is 0.0920. The van der Waals surface area contributed by atoms with E-state index in [1.807, 2.05) is 13.8 Å². The largest absolute Gasteiger partial charge is 0.393 e. The molecule has 1 aromatic carbocycles. The van der Waals surface area contributed by atoms with Crippen molar-refractivity contribution in [3.8, 4) is 0 Å². The van der Waals surface area contributed by atoms with Crippen LogP contribution in [0.15, 0.2) is 18.2 Å². The molecule has 3 nitrogen and oxygen atoms in total. The van der Waals surface area contributed by atoms with Gasteiger partial charge < -0.3 is 10.4 Å². The van der Waals surface area contributed by atoms with E-state index in [1.165, 1.54) is 6.07 Å². The van der Waals surface area contributed by atoms with Crippen LogP contribution in [0.25, 0.3) is 0 Å². The van der Waals surface area contributed by atoms with Gasteiger partial charge in [-0.1, -0.05) is 37.0 Å². The van der Waals surface area contributed by atoms with E-state index in [4.69, 9.17) is 23.2 Å². The maximum absolute atomic E-state index is 11.8. The number of halogens is 2. The molecule has 0 aromatic heterocycles. The summed E-state index contributed by atoms with van der Waals surface area (Å²) < 4.78 is 0. The number of hydrogen-bond donors (Lipinski definition) is 2. The molecular weight excluding hydrogens is 273 g/mol. The van der Waals surface area contributed by atoms with Gasteiger partial charge >= 0.3 is 0 Å². The first-order valence-electron chi connectivity index (χ1n) is 5.83. The Kier molecular flexibility index (Phi) is 5.93. The molecule has 1 amide bonds. The second-order valence-corrected chi connectivity index (χ2v) is 5.32. The molecule has 0 aliphatic rings. The SMILES string of the molecule is CC(C)C(O)CCNC(=O)c1cc(Cl)ccc1Cl. The van der Waals surface area contributed by atoms with E-state index in [1.54, 1.807) is 12.1 Å². The fraction of sp³-hybridized carbons (Fsp3) is 0.462. The van der Waals surface area contributed by atoms with Crippen LogP contribution in [-0.4, -0.2) is 23.7 Å². The molecule has 1 unspecified atom stereocenters. The summed E-state index contributed by atoms with van der Waals surface area (Å²) in [6.45, 7) is 4.27. The van der Waals surface area contributed by atoms with Gasteiger partial charge in [0.05, 0.1) is 16.7 Å². The van der Waals surface area contributed by atoms with Crippen molar-refractivity contribution in [2.75, 3.05) is 6.54 Å². The van der Waals surface area contributed by atoms with Crippen molar-refractivity contribution in [2.45, 2.75) is 26.4 Å². The Morgan fingerprint density at radius 1 is 1.39 bits per heavy atom. The molecule has 0 heterocycles. The first-order valence-corrected chi connectivity index (χ1v) is 6.58. The first kappa shape index (κ1) is 15.3. The number of rotatable bonds is 5. The van der Waals surface area contributed by atoms with Crippen molar-refractivity contribution in [3.63, 3.8) is 0 Å². The highest BCUT2D eigenvalue weighted by atomic mass is 35.5. The topological polar surface area (TPSA) is 49.3 Å². The van der Waals surface area contributed by atoms with Crippen molar-refractivity contribution >= 4 is 29.1 Å². The molecule has 0 aliphatic heterocycles. The molecular formula is C13H17Cl2NO2. The molecule has 0 fully saturated rings. The summed E-state index contributed by atoms with van der Waals surface area (Å²) in [7, 11) is 0. The average molecular weight is 290 g/mol. The van der Waals surface area contributed by atoms with E-state index in [-0.39, 0.29) is 11.8 Å². The number of hydrogen-bond acceptors (Lipinski definition) is 2. The van der Waals surface area contributed by atoms with Crippen LogP contribution in [0.4, 0.5) is 0 Å². The monoisotopic (exact) mass is 289 g/mol. The van der Waals surface area contributed by atoms with Crippen molar-refractivity contribution in [2.24, 2.45) is 5.92 Å². The van der Waals surface area contributed by atoms with E-state index < -0.39 is 6.10 Å². The van der Waals surface area contributed by atoms with Crippen molar-refractivity contribution < 1.29 is 9.90 Å². The Hall–Kier alpha value is -0.770. The standard InChI is InChI=1S/C13H17Cl2NO2/c1-8(2)12(17)5-6-16-13(18)10-7-9(14)3-4-11(10)15/h3-4,7-8,12,17H,5-6H2,1-2H3,(H,16,18). The quantitative estimate of drug-likeness (QED) is 0.875. The second kappa shape index (κ2) is 6.98. The van der Waals surface area contributed by atoms with Gasteiger partial charge in [-0.2, -0.15) is 0 Å². The molecule has 1 rings (SSSR count). The van der Waals surface area contributed by atoms with Gasteiger partial charge in [-0.05, 0) is 30.5 Å². The Balaban J connectivity index is 2.53. The van der Waals surface area contributed by atoms with Crippen LogP contribution in [0.3, 0.4) is 0 Å². The molecule has 1 atom stereocenters. The Bertz CT molecular complexity index is 421. The lowest BCUT2D eigenvalue weighted by atomic mass is 10.0. The lowest BCUT2D eigenvalue weighted by Gasteiger charge is -2.14. The molecule has 0 saturated carbocycles. The summed E-state index contributed by atoms with van der Waals surface area (Å²) in [6, 6.07) is 4.74. The number of aliphatic hydroxyl groups is 1. The molecule has 18 heavy (non-hydrogen) atoms. The maximum atomic E-state index is 11.8. The third-order valence-electron chi connectivity index (χ3n) is 2.67.